The van der Waals surface area contributed by atoms with Crippen LogP contribution in [0.15, 0.2) is 66.7 Å². The van der Waals surface area contributed by atoms with Crippen LogP contribution in [0, 0.1) is 5.92 Å². The van der Waals surface area contributed by atoms with E-state index >= 15 is 0 Å². The van der Waals surface area contributed by atoms with Gasteiger partial charge in [-0.1, -0.05) is 60.7 Å². The van der Waals surface area contributed by atoms with Crippen molar-refractivity contribution in [2.45, 2.75) is 38.3 Å². The van der Waals surface area contributed by atoms with Crippen molar-refractivity contribution in [3.05, 3.63) is 77.9 Å². The lowest BCUT2D eigenvalue weighted by Gasteiger charge is -2.35. The van der Waals surface area contributed by atoms with Crippen LogP contribution in [-0.2, 0) is 16.1 Å². The summed E-state index contributed by atoms with van der Waals surface area (Å²) < 4.78 is 0. The second kappa shape index (κ2) is 11.1. The van der Waals surface area contributed by atoms with E-state index in [2.05, 4.69) is 34.5 Å². The number of carbonyl (C=O) groups excluding carboxylic acids is 2. The van der Waals surface area contributed by atoms with Crippen LogP contribution in [0.25, 0.3) is 6.08 Å². The van der Waals surface area contributed by atoms with Gasteiger partial charge < -0.3 is 10.2 Å². The fourth-order valence-corrected chi connectivity index (χ4v) is 4.60. The first-order valence-electron chi connectivity index (χ1n) is 11.8. The van der Waals surface area contributed by atoms with Crippen LogP contribution in [0.3, 0.4) is 0 Å². The molecule has 0 aromatic heterocycles. The molecule has 0 radical (unpaired) electrons. The first-order valence-corrected chi connectivity index (χ1v) is 11.8. The first kappa shape index (κ1) is 22.3. The largest absolute Gasteiger partial charge is 0.353 e. The highest BCUT2D eigenvalue weighted by Crippen LogP contribution is 2.20. The van der Waals surface area contributed by atoms with Crippen molar-refractivity contribution in [2.24, 2.45) is 5.92 Å². The van der Waals surface area contributed by atoms with Gasteiger partial charge in [0.15, 0.2) is 0 Å². The molecule has 2 aromatic rings. The quantitative estimate of drug-likeness (QED) is 0.710. The Morgan fingerprint density at radius 1 is 0.844 bits per heavy atom. The molecule has 2 aliphatic rings. The number of benzene rings is 2. The zero-order chi connectivity index (χ0) is 22.2. The second-order valence-corrected chi connectivity index (χ2v) is 8.89. The van der Waals surface area contributed by atoms with Crippen LogP contribution in [0.4, 0.5) is 0 Å². The number of likely N-dealkylation sites (tertiary alicyclic amines) is 2. The predicted octanol–water partition coefficient (Wildman–Crippen LogP) is 3.72. The average Bonchev–Trinajstić information content (AvgIpc) is 2.85. The molecule has 5 heteroatoms. The average molecular weight is 432 g/mol. The maximum absolute atomic E-state index is 12.8. The molecule has 2 heterocycles. The molecule has 2 aromatic carbocycles. The maximum Gasteiger partial charge on any atom is 0.246 e. The Morgan fingerprint density at radius 3 is 2.12 bits per heavy atom. The summed E-state index contributed by atoms with van der Waals surface area (Å²) in [6, 6.07) is 20.7. The number of carbonyl (C=O) groups is 2. The second-order valence-electron chi connectivity index (χ2n) is 8.89. The molecule has 0 unspecified atom stereocenters. The van der Waals surface area contributed by atoms with Crippen LogP contribution in [0.1, 0.15) is 36.8 Å². The van der Waals surface area contributed by atoms with Crippen molar-refractivity contribution in [2.75, 3.05) is 26.2 Å². The van der Waals surface area contributed by atoms with Gasteiger partial charge in [0.25, 0.3) is 0 Å². The number of hydrogen-bond acceptors (Lipinski definition) is 3. The van der Waals surface area contributed by atoms with Gasteiger partial charge >= 0.3 is 0 Å². The summed E-state index contributed by atoms with van der Waals surface area (Å²) in [4.78, 5) is 29.6. The summed E-state index contributed by atoms with van der Waals surface area (Å²) in [5, 5.41) is 3.28. The smallest absolute Gasteiger partial charge is 0.246 e. The fraction of sp³-hybridized carbons (Fsp3) is 0.407. The van der Waals surface area contributed by atoms with E-state index in [-0.39, 0.29) is 23.8 Å². The van der Waals surface area contributed by atoms with Gasteiger partial charge in [-0.3, -0.25) is 14.5 Å². The normalized spacial score (nSPS) is 18.7. The van der Waals surface area contributed by atoms with Gasteiger partial charge in [0.1, 0.15) is 0 Å². The molecule has 168 valence electrons. The van der Waals surface area contributed by atoms with Crippen LogP contribution >= 0.6 is 0 Å². The predicted molar refractivity (Wildman–Crippen MR) is 128 cm³/mol. The Labute approximate surface area is 191 Å². The fourth-order valence-electron chi connectivity index (χ4n) is 4.60. The van der Waals surface area contributed by atoms with Gasteiger partial charge in [-0.15, -0.1) is 0 Å². The van der Waals surface area contributed by atoms with E-state index in [1.807, 2.05) is 47.4 Å². The van der Waals surface area contributed by atoms with Crippen molar-refractivity contribution >= 4 is 17.9 Å². The van der Waals surface area contributed by atoms with Gasteiger partial charge in [-0.25, -0.2) is 0 Å². The van der Waals surface area contributed by atoms with E-state index in [9.17, 15) is 9.59 Å². The topological polar surface area (TPSA) is 52.7 Å². The summed E-state index contributed by atoms with van der Waals surface area (Å²) >= 11 is 0. The molecule has 4 rings (SSSR count). The van der Waals surface area contributed by atoms with Crippen LogP contribution in [0.2, 0.25) is 0 Å². The van der Waals surface area contributed by atoms with Crippen LogP contribution in [-0.4, -0.2) is 53.8 Å². The first-order chi connectivity index (χ1) is 15.7. The van der Waals surface area contributed by atoms with Gasteiger partial charge in [-0.2, -0.15) is 0 Å². The molecule has 2 fully saturated rings. The zero-order valence-electron chi connectivity index (χ0n) is 18.7. The van der Waals surface area contributed by atoms with Crippen molar-refractivity contribution < 1.29 is 9.59 Å². The maximum atomic E-state index is 12.8. The van der Waals surface area contributed by atoms with Crippen LogP contribution < -0.4 is 5.32 Å². The van der Waals surface area contributed by atoms with Gasteiger partial charge in [0, 0.05) is 50.8 Å². The molecule has 2 amide bonds. The summed E-state index contributed by atoms with van der Waals surface area (Å²) in [5.74, 6) is 0.205. The Kier molecular flexibility index (Phi) is 7.73. The number of amides is 2. The minimum Gasteiger partial charge on any atom is -0.353 e. The summed E-state index contributed by atoms with van der Waals surface area (Å²) in [6.07, 6.45) is 6.97. The molecule has 0 saturated carbocycles. The lowest BCUT2D eigenvalue weighted by Crippen LogP contribution is -2.48. The van der Waals surface area contributed by atoms with Crippen molar-refractivity contribution in [3.8, 4) is 0 Å². The monoisotopic (exact) mass is 431 g/mol. The highest BCUT2D eigenvalue weighted by atomic mass is 16.2. The van der Waals surface area contributed by atoms with Gasteiger partial charge in [-0.05, 0) is 42.9 Å². The minimum atomic E-state index is 0.0134. The van der Waals surface area contributed by atoms with Gasteiger partial charge in [0.05, 0.1) is 0 Å². The number of nitrogens with zero attached hydrogens (tertiary/aromatic N) is 2. The third kappa shape index (κ3) is 6.30. The highest BCUT2D eigenvalue weighted by Gasteiger charge is 2.29. The molecule has 2 saturated heterocycles. The molecule has 32 heavy (non-hydrogen) atoms. The summed E-state index contributed by atoms with van der Waals surface area (Å²) in [7, 11) is 0. The molecule has 1 N–H and O–H groups in total. The van der Waals surface area contributed by atoms with Crippen molar-refractivity contribution in [3.63, 3.8) is 0 Å². The molecule has 0 spiro atoms. The third-order valence-electron chi connectivity index (χ3n) is 6.58. The molecular formula is C27H33N3O2. The van der Waals surface area contributed by atoms with Crippen LogP contribution in [0.5, 0.6) is 0 Å². The van der Waals surface area contributed by atoms with E-state index in [4.69, 9.17) is 0 Å². The summed E-state index contributed by atoms with van der Waals surface area (Å²) in [6.45, 7) is 4.30. The molecule has 0 aliphatic carbocycles. The lowest BCUT2D eigenvalue weighted by atomic mass is 9.94. The standard InChI is InChI=1S/C27H33N3O2/c31-26(12-11-22-7-3-1-4-8-22)30-19-13-24(14-20-30)27(32)28-25-15-17-29(18-16-25)21-23-9-5-2-6-10-23/h1-12,24-25H,13-21H2,(H,28,32)/b12-11+. The van der Waals surface area contributed by atoms with E-state index < -0.39 is 0 Å². The number of hydrogen-bond donors (Lipinski definition) is 1. The lowest BCUT2D eigenvalue weighted by molar-refractivity contribution is -0.132. The van der Waals surface area contributed by atoms with E-state index in [1.165, 1.54) is 5.56 Å². The number of nitrogens with one attached hydrogen (secondary N) is 1. The third-order valence-corrected chi connectivity index (χ3v) is 6.58. The Morgan fingerprint density at radius 2 is 1.47 bits per heavy atom. The number of rotatable bonds is 6. The Hall–Kier alpha value is -2.92. The molecule has 0 bridgehead atoms. The zero-order valence-corrected chi connectivity index (χ0v) is 18.7. The molecule has 0 atom stereocenters. The van der Waals surface area contributed by atoms with Crippen molar-refractivity contribution in [1.82, 2.24) is 15.1 Å². The Bertz CT molecular complexity index is 897. The summed E-state index contributed by atoms with van der Waals surface area (Å²) in [5.41, 5.74) is 2.36. The highest BCUT2D eigenvalue weighted by molar-refractivity contribution is 5.92. The van der Waals surface area contributed by atoms with E-state index in [0.717, 1.165) is 50.9 Å². The molecular weight excluding hydrogens is 398 g/mol. The Balaban J connectivity index is 1.16. The van der Waals surface area contributed by atoms with E-state index in [0.29, 0.717) is 13.1 Å². The number of piperidine rings is 2. The van der Waals surface area contributed by atoms with E-state index in [1.54, 1.807) is 6.08 Å². The van der Waals surface area contributed by atoms with Gasteiger partial charge in [0.2, 0.25) is 11.8 Å². The SMILES string of the molecule is O=C(NC1CCN(Cc2ccccc2)CC1)C1CCN(C(=O)/C=C/c2ccccc2)CC1. The minimum absolute atomic E-state index is 0.0134. The molecule has 2 aliphatic heterocycles. The van der Waals surface area contributed by atoms with Crippen molar-refractivity contribution in [1.29, 1.82) is 0 Å². The molecule has 5 nitrogen and oxygen atoms in total.